The summed E-state index contributed by atoms with van der Waals surface area (Å²) in [6.07, 6.45) is -0.124. The SMILES string of the molecule is COCCn1c(CBr)nnc1C1COCCO1. The van der Waals surface area contributed by atoms with Gasteiger partial charge >= 0.3 is 0 Å². The second kappa shape index (κ2) is 6.44. The molecule has 6 nitrogen and oxygen atoms in total. The van der Waals surface area contributed by atoms with Gasteiger partial charge in [-0.05, 0) is 0 Å². The lowest BCUT2D eigenvalue weighted by Gasteiger charge is -2.22. The quantitative estimate of drug-likeness (QED) is 0.757. The molecule has 17 heavy (non-hydrogen) atoms. The van der Waals surface area contributed by atoms with Gasteiger partial charge in [-0.1, -0.05) is 15.9 Å². The molecule has 1 aromatic rings. The monoisotopic (exact) mass is 305 g/mol. The maximum absolute atomic E-state index is 5.64. The molecule has 0 aromatic carbocycles. The fourth-order valence-electron chi connectivity index (χ4n) is 1.75. The van der Waals surface area contributed by atoms with E-state index in [4.69, 9.17) is 14.2 Å². The van der Waals surface area contributed by atoms with Crippen LogP contribution in [0.25, 0.3) is 0 Å². The molecule has 1 saturated heterocycles. The first-order chi connectivity index (χ1) is 8.36. The predicted molar refractivity (Wildman–Crippen MR) is 64.0 cm³/mol. The van der Waals surface area contributed by atoms with E-state index >= 15 is 0 Å². The molecule has 1 atom stereocenters. The standard InChI is InChI=1S/C10H16BrN3O3/c1-15-3-2-14-9(6-11)12-13-10(14)8-7-16-4-5-17-8/h8H,2-7H2,1H3. The number of ether oxygens (including phenoxy) is 3. The van der Waals surface area contributed by atoms with Gasteiger partial charge in [0, 0.05) is 13.7 Å². The third-order valence-electron chi connectivity index (χ3n) is 2.60. The average Bonchev–Trinajstić information content (AvgIpc) is 2.80. The van der Waals surface area contributed by atoms with Crippen LogP contribution in [0, 0.1) is 0 Å². The molecule has 2 heterocycles. The number of hydrogen-bond donors (Lipinski definition) is 0. The number of nitrogens with zero attached hydrogens (tertiary/aromatic N) is 3. The summed E-state index contributed by atoms with van der Waals surface area (Å²) in [6, 6.07) is 0. The maximum atomic E-state index is 5.64. The Labute approximate surface area is 108 Å². The third kappa shape index (κ3) is 3.04. The maximum Gasteiger partial charge on any atom is 0.164 e. The van der Waals surface area contributed by atoms with Gasteiger partial charge in [-0.15, -0.1) is 10.2 Å². The zero-order valence-corrected chi connectivity index (χ0v) is 11.4. The number of hydrogen-bond acceptors (Lipinski definition) is 5. The van der Waals surface area contributed by atoms with Crippen LogP contribution >= 0.6 is 15.9 Å². The molecule has 0 bridgehead atoms. The van der Waals surface area contributed by atoms with E-state index in [1.807, 2.05) is 4.57 Å². The summed E-state index contributed by atoms with van der Waals surface area (Å²) in [6.45, 7) is 3.13. The molecular formula is C10H16BrN3O3. The molecule has 0 aliphatic carbocycles. The van der Waals surface area contributed by atoms with E-state index in [0.29, 0.717) is 31.8 Å². The van der Waals surface area contributed by atoms with Crippen molar-refractivity contribution in [2.45, 2.75) is 18.0 Å². The normalized spacial score (nSPS) is 20.7. The Morgan fingerprint density at radius 1 is 1.47 bits per heavy atom. The summed E-state index contributed by atoms with van der Waals surface area (Å²) in [7, 11) is 1.68. The molecular weight excluding hydrogens is 290 g/mol. The van der Waals surface area contributed by atoms with Gasteiger partial charge in [0.25, 0.3) is 0 Å². The summed E-state index contributed by atoms with van der Waals surface area (Å²) < 4.78 is 18.1. The fraction of sp³-hybridized carbons (Fsp3) is 0.800. The molecule has 0 radical (unpaired) electrons. The van der Waals surface area contributed by atoms with Gasteiger partial charge in [-0.25, -0.2) is 0 Å². The number of halogens is 1. The van der Waals surface area contributed by atoms with Crippen LogP contribution in [-0.2, 0) is 26.1 Å². The number of methoxy groups -OCH3 is 1. The van der Waals surface area contributed by atoms with Crippen molar-refractivity contribution >= 4 is 15.9 Å². The van der Waals surface area contributed by atoms with E-state index < -0.39 is 0 Å². The van der Waals surface area contributed by atoms with Crippen LogP contribution in [0.4, 0.5) is 0 Å². The molecule has 1 fully saturated rings. The van der Waals surface area contributed by atoms with Crippen molar-refractivity contribution in [3.05, 3.63) is 11.6 Å². The molecule has 0 amide bonds. The van der Waals surface area contributed by atoms with Crippen molar-refractivity contribution in [2.75, 3.05) is 33.5 Å². The summed E-state index contributed by atoms with van der Waals surface area (Å²) in [4.78, 5) is 0. The lowest BCUT2D eigenvalue weighted by atomic mass is 10.3. The largest absolute Gasteiger partial charge is 0.383 e. The molecule has 1 aliphatic heterocycles. The Morgan fingerprint density at radius 2 is 2.35 bits per heavy atom. The van der Waals surface area contributed by atoms with Crippen molar-refractivity contribution in [1.29, 1.82) is 0 Å². The van der Waals surface area contributed by atoms with E-state index in [2.05, 4.69) is 26.1 Å². The van der Waals surface area contributed by atoms with Crippen molar-refractivity contribution < 1.29 is 14.2 Å². The molecule has 1 aromatic heterocycles. The van der Waals surface area contributed by atoms with Crippen LogP contribution in [0.3, 0.4) is 0 Å². The zero-order chi connectivity index (χ0) is 12.1. The van der Waals surface area contributed by atoms with Crippen molar-refractivity contribution in [2.24, 2.45) is 0 Å². The van der Waals surface area contributed by atoms with Crippen molar-refractivity contribution in [1.82, 2.24) is 14.8 Å². The minimum atomic E-state index is -0.124. The van der Waals surface area contributed by atoms with Gasteiger partial charge in [0.15, 0.2) is 5.82 Å². The first-order valence-corrected chi connectivity index (χ1v) is 6.65. The smallest absolute Gasteiger partial charge is 0.164 e. The molecule has 0 spiro atoms. The highest BCUT2D eigenvalue weighted by Crippen LogP contribution is 2.20. The third-order valence-corrected chi connectivity index (χ3v) is 3.10. The highest BCUT2D eigenvalue weighted by Gasteiger charge is 2.24. The zero-order valence-electron chi connectivity index (χ0n) is 9.76. The molecule has 0 N–H and O–H groups in total. The Kier molecular flexibility index (Phi) is 4.90. The highest BCUT2D eigenvalue weighted by molar-refractivity contribution is 9.08. The Hall–Kier alpha value is -0.500. The van der Waals surface area contributed by atoms with Crippen molar-refractivity contribution in [3.8, 4) is 0 Å². The fourth-order valence-corrected chi connectivity index (χ4v) is 2.16. The second-order valence-corrected chi connectivity index (χ2v) is 4.25. The van der Waals surface area contributed by atoms with Gasteiger partial charge in [-0.2, -0.15) is 0 Å². The Morgan fingerprint density at radius 3 is 3.00 bits per heavy atom. The molecule has 7 heteroatoms. The predicted octanol–water partition coefficient (Wildman–Crippen LogP) is 0.907. The lowest BCUT2D eigenvalue weighted by molar-refractivity contribution is -0.0950. The Bertz CT molecular complexity index is 353. The molecule has 96 valence electrons. The number of rotatable bonds is 5. The number of alkyl halides is 1. The average molecular weight is 306 g/mol. The van der Waals surface area contributed by atoms with Gasteiger partial charge in [0.1, 0.15) is 11.9 Å². The van der Waals surface area contributed by atoms with Gasteiger partial charge in [-0.3, -0.25) is 0 Å². The lowest BCUT2D eigenvalue weighted by Crippen LogP contribution is -2.25. The molecule has 0 saturated carbocycles. The minimum Gasteiger partial charge on any atom is -0.383 e. The number of aromatic nitrogens is 3. The van der Waals surface area contributed by atoms with E-state index in [1.54, 1.807) is 7.11 Å². The van der Waals surface area contributed by atoms with E-state index in [9.17, 15) is 0 Å². The highest BCUT2D eigenvalue weighted by atomic mass is 79.9. The minimum absolute atomic E-state index is 0.124. The summed E-state index contributed by atoms with van der Waals surface area (Å²) in [5.41, 5.74) is 0. The molecule has 2 rings (SSSR count). The van der Waals surface area contributed by atoms with Crippen LogP contribution in [-0.4, -0.2) is 48.3 Å². The van der Waals surface area contributed by atoms with Crippen LogP contribution < -0.4 is 0 Å². The van der Waals surface area contributed by atoms with Crippen molar-refractivity contribution in [3.63, 3.8) is 0 Å². The van der Waals surface area contributed by atoms with Gasteiger partial charge in [0.05, 0.1) is 31.8 Å². The molecule has 1 aliphatic rings. The Balaban J connectivity index is 2.16. The first kappa shape index (κ1) is 12.9. The summed E-state index contributed by atoms with van der Waals surface area (Å²) in [5.74, 6) is 1.70. The first-order valence-electron chi connectivity index (χ1n) is 5.53. The summed E-state index contributed by atoms with van der Waals surface area (Å²) >= 11 is 3.40. The van der Waals surface area contributed by atoms with Gasteiger partial charge < -0.3 is 18.8 Å². The van der Waals surface area contributed by atoms with E-state index in [0.717, 1.165) is 18.2 Å². The van der Waals surface area contributed by atoms with Crippen LogP contribution in [0.1, 0.15) is 17.8 Å². The second-order valence-electron chi connectivity index (χ2n) is 3.69. The topological polar surface area (TPSA) is 58.4 Å². The summed E-state index contributed by atoms with van der Waals surface area (Å²) in [5, 5.41) is 8.99. The van der Waals surface area contributed by atoms with E-state index in [-0.39, 0.29) is 6.10 Å². The van der Waals surface area contributed by atoms with Gasteiger partial charge in [0.2, 0.25) is 0 Å². The van der Waals surface area contributed by atoms with Crippen LogP contribution in [0.5, 0.6) is 0 Å². The van der Waals surface area contributed by atoms with E-state index in [1.165, 1.54) is 0 Å². The van der Waals surface area contributed by atoms with Crippen LogP contribution in [0.2, 0.25) is 0 Å². The molecule has 1 unspecified atom stereocenters. The van der Waals surface area contributed by atoms with Crippen LogP contribution in [0.15, 0.2) is 0 Å².